The van der Waals surface area contributed by atoms with Crippen LogP contribution in [0.3, 0.4) is 0 Å². The molecule has 0 saturated heterocycles. The third kappa shape index (κ3) is 2.16. The van der Waals surface area contributed by atoms with Crippen LogP contribution in [0, 0.1) is 6.92 Å². The van der Waals surface area contributed by atoms with E-state index in [2.05, 4.69) is 18.2 Å². The van der Waals surface area contributed by atoms with Gasteiger partial charge >= 0.3 is 0 Å². The van der Waals surface area contributed by atoms with Gasteiger partial charge in [0.1, 0.15) is 0 Å². The maximum atomic E-state index is 12.7. The standard InChI is InChI=1S/C17H18N2O/c1-12-15(7-4-8-16(12)18)17(20)19-10-9-13-5-2-3-6-14(13)11-19/h2-8H,9-11,18H2,1H3. The molecule has 1 aliphatic heterocycles. The van der Waals surface area contributed by atoms with Gasteiger partial charge in [-0.25, -0.2) is 0 Å². The Morgan fingerprint density at radius 1 is 1.10 bits per heavy atom. The number of anilines is 1. The van der Waals surface area contributed by atoms with Gasteiger partial charge < -0.3 is 10.6 Å². The molecule has 0 spiro atoms. The topological polar surface area (TPSA) is 46.3 Å². The van der Waals surface area contributed by atoms with Crippen molar-refractivity contribution in [2.45, 2.75) is 19.9 Å². The molecule has 3 heteroatoms. The molecule has 3 rings (SSSR count). The summed E-state index contributed by atoms with van der Waals surface area (Å²) in [6.07, 6.45) is 0.920. The third-order valence-corrected chi connectivity index (χ3v) is 4.02. The Morgan fingerprint density at radius 3 is 2.65 bits per heavy atom. The normalized spacial score (nSPS) is 13.9. The van der Waals surface area contributed by atoms with Crippen molar-refractivity contribution in [2.24, 2.45) is 0 Å². The van der Waals surface area contributed by atoms with Crippen LogP contribution in [0.5, 0.6) is 0 Å². The van der Waals surface area contributed by atoms with Crippen LogP contribution in [-0.2, 0) is 13.0 Å². The molecule has 20 heavy (non-hydrogen) atoms. The number of fused-ring (bicyclic) bond motifs is 1. The number of nitrogen functional groups attached to an aromatic ring is 1. The summed E-state index contributed by atoms with van der Waals surface area (Å²) in [7, 11) is 0. The van der Waals surface area contributed by atoms with Gasteiger partial charge in [-0.05, 0) is 42.2 Å². The second-order valence-corrected chi connectivity index (χ2v) is 5.27. The zero-order valence-corrected chi connectivity index (χ0v) is 11.6. The lowest BCUT2D eigenvalue weighted by atomic mass is 9.98. The van der Waals surface area contributed by atoms with E-state index in [9.17, 15) is 4.79 Å². The van der Waals surface area contributed by atoms with E-state index in [1.54, 1.807) is 0 Å². The first-order chi connectivity index (χ1) is 9.66. The molecule has 1 heterocycles. The number of hydrogen-bond donors (Lipinski definition) is 1. The lowest BCUT2D eigenvalue weighted by Gasteiger charge is -2.29. The minimum Gasteiger partial charge on any atom is -0.398 e. The number of carbonyl (C=O) groups is 1. The molecule has 102 valence electrons. The first kappa shape index (κ1) is 12.7. The highest BCUT2D eigenvalue weighted by molar-refractivity contribution is 5.97. The quantitative estimate of drug-likeness (QED) is 0.807. The van der Waals surface area contributed by atoms with Crippen LogP contribution in [0.1, 0.15) is 27.0 Å². The fraction of sp³-hybridized carbons (Fsp3) is 0.235. The average Bonchev–Trinajstić information content (AvgIpc) is 2.49. The van der Waals surface area contributed by atoms with Crippen LogP contribution < -0.4 is 5.73 Å². The maximum absolute atomic E-state index is 12.7. The van der Waals surface area contributed by atoms with Gasteiger partial charge in [0.05, 0.1) is 0 Å². The number of hydrogen-bond acceptors (Lipinski definition) is 2. The van der Waals surface area contributed by atoms with Crippen molar-refractivity contribution in [3.8, 4) is 0 Å². The molecule has 2 aromatic carbocycles. The molecule has 0 aliphatic carbocycles. The molecule has 1 amide bonds. The van der Waals surface area contributed by atoms with Crippen LogP contribution in [-0.4, -0.2) is 17.4 Å². The lowest BCUT2D eigenvalue weighted by molar-refractivity contribution is 0.0734. The Labute approximate surface area is 119 Å². The number of nitrogens with zero attached hydrogens (tertiary/aromatic N) is 1. The van der Waals surface area contributed by atoms with Crippen LogP contribution >= 0.6 is 0 Å². The zero-order valence-electron chi connectivity index (χ0n) is 11.6. The molecule has 0 radical (unpaired) electrons. The Hall–Kier alpha value is -2.29. The van der Waals surface area contributed by atoms with E-state index in [1.165, 1.54) is 11.1 Å². The van der Waals surface area contributed by atoms with E-state index in [-0.39, 0.29) is 5.91 Å². The van der Waals surface area contributed by atoms with Gasteiger partial charge in [-0.2, -0.15) is 0 Å². The molecule has 2 aromatic rings. The fourth-order valence-electron chi connectivity index (χ4n) is 2.72. The van der Waals surface area contributed by atoms with E-state index in [0.29, 0.717) is 17.8 Å². The minimum atomic E-state index is 0.0734. The number of nitrogens with two attached hydrogens (primary N) is 1. The van der Waals surface area contributed by atoms with Gasteiger partial charge in [0, 0.05) is 24.3 Å². The first-order valence-corrected chi connectivity index (χ1v) is 6.88. The largest absolute Gasteiger partial charge is 0.398 e. The number of rotatable bonds is 1. The van der Waals surface area contributed by atoms with E-state index < -0.39 is 0 Å². The molecular formula is C17H18N2O. The molecule has 0 atom stereocenters. The van der Waals surface area contributed by atoms with Gasteiger partial charge in [-0.3, -0.25) is 4.79 Å². The number of amides is 1. The molecule has 1 aliphatic rings. The zero-order chi connectivity index (χ0) is 14.1. The van der Waals surface area contributed by atoms with Crippen molar-refractivity contribution in [1.82, 2.24) is 4.90 Å². The SMILES string of the molecule is Cc1c(N)cccc1C(=O)N1CCc2ccccc2C1. The number of benzene rings is 2. The van der Waals surface area contributed by atoms with Gasteiger partial charge in [0.2, 0.25) is 0 Å². The van der Waals surface area contributed by atoms with Gasteiger partial charge in [-0.1, -0.05) is 30.3 Å². The van der Waals surface area contributed by atoms with Crippen LogP contribution in [0.2, 0.25) is 0 Å². The molecule has 0 unspecified atom stereocenters. The summed E-state index contributed by atoms with van der Waals surface area (Å²) in [5, 5.41) is 0. The summed E-state index contributed by atoms with van der Waals surface area (Å²) in [5.74, 6) is 0.0734. The van der Waals surface area contributed by atoms with E-state index >= 15 is 0 Å². The third-order valence-electron chi connectivity index (χ3n) is 4.02. The number of carbonyl (C=O) groups excluding carboxylic acids is 1. The predicted molar refractivity (Wildman–Crippen MR) is 80.5 cm³/mol. The molecule has 3 nitrogen and oxygen atoms in total. The molecule has 0 fully saturated rings. The van der Waals surface area contributed by atoms with E-state index in [4.69, 9.17) is 5.73 Å². The summed E-state index contributed by atoms with van der Waals surface area (Å²) < 4.78 is 0. The van der Waals surface area contributed by atoms with Crippen LogP contribution in [0.4, 0.5) is 5.69 Å². The molecule has 2 N–H and O–H groups in total. The summed E-state index contributed by atoms with van der Waals surface area (Å²) in [6, 6.07) is 13.8. The first-order valence-electron chi connectivity index (χ1n) is 6.88. The highest BCUT2D eigenvalue weighted by Gasteiger charge is 2.22. The molecular weight excluding hydrogens is 248 g/mol. The maximum Gasteiger partial charge on any atom is 0.254 e. The Kier molecular flexibility index (Phi) is 3.18. The van der Waals surface area contributed by atoms with E-state index in [0.717, 1.165) is 18.5 Å². The molecule has 0 bridgehead atoms. The minimum absolute atomic E-state index is 0.0734. The van der Waals surface area contributed by atoms with Gasteiger partial charge in [-0.15, -0.1) is 0 Å². The highest BCUT2D eigenvalue weighted by atomic mass is 16.2. The Balaban J connectivity index is 1.88. The smallest absolute Gasteiger partial charge is 0.254 e. The highest BCUT2D eigenvalue weighted by Crippen LogP contribution is 2.23. The van der Waals surface area contributed by atoms with Crippen LogP contribution in [0.25, 0.3) is 0 Å². The summed E-state index contributed by atoms with van der Waals surface area (Å²) >= 11 is 0. The van der Waals surface area contributed by atoms with Crippen molar-refractivity contribution in [3.05, 3.63) is 64.7 Å². The van der Waals surface area contributed by atoms with Crippen molar-refractivity contribution in [1.29, 1.82) is 0 Å². The van der Waals surface area contributed by atoms with Gasteiger partial charge in [0.25, 0.3) is 5.91 Å². The second kappa shape index (κ2) is 5.00. The second-order valence-electron chi connectivity index (χ2n) is 5.27. The fourth-order valence-corrected chi connectivity index (χ4v) is 2.72. The lowest BCUT2D eigenvalue weighted by Crippen LogP contribution is -2.36. The Bertz CT molecular complexity index is 664. The Morgan fingerprint density at radius 2 is 1.85 bits per heavy atom. The molecule has 0 aromatic heterocycles. The van der Waals surface area contributed by atoms with Crippen molar-refractivity contribution in [2.75, 3.05) is 12.3 Å². The van der Waals surface area contributed by atoms with Crippen molar-refractivity contribution in [3.63, 3.8) is 0 Å². The predicted octanol–water partition coefficient (Wildman–Crippen LogP) is 2.78. The summed E-state index contributed by atoms with van der Waals surface area (Å²) in [4.78, 5) is 14.6. The molecule has 0 saturated carbocycles. The summed E-state index contributed by atoms with van der Waals surface area (Å²) in [5.41, 5.74) is 10.7. The van der Waals surface area contributed by atoms with Crippen LogP contribution in [0.15, 0.2) is 42.5 Å². The van der Waals surface area contributed by atoms with Crippen molar-refractivity contribution < 1.29 is 4.79 Å². The van der Waals surface area contributed by atoms with E-state index in [1.807, 2.05) is 36.1 Å². The monoisotopic (exact) mass is 266 g/mol. The van der Waals surface area contributed by atoms with Crippen molar-refractivity contribution >= 4 is 11.6 Å². The van der Waals surface area contributed by atoms with Gasteiger partial charge in [0.15, 0.2) is 0 Å². The average molecular weight is 266 g/mol. The summed E-state index contributed by atoms with van der Waals surface area (Å²) in [6.45, 7) is 3.35.